The van der Waals surface area contributed by atoms with Gasteiger partial charge in [0.05, 0.1) is 20.6 Å². The molecule has 1 unspecified atom stereocenters. The van der Waals surface area contributed by atoms with Gasteiger partial charge in [0.2, 0.25) is 0 Å². The van der Waals surface area contributed by atoms with Crippen molar-refractivity contribution in [2.75, 3.05) is 14.2 Å². The summed E-state index contributed by atoms with van der Waals surface area (Å²) in [5, 5.41) is 0. The van der Waals surface area contributed by atoms with Crippen LogP contribution < -0.4 is 9.47 Å². The predicted molar refractivity (Wildman–Crippen MR) is 77.6 cm³/mol. The molecular weight excluding hydrogens is 268 g/mol. The van der Waals surface area contributed by atoms with Gasteiger partial charge in [0.1, 0.15) is 11.5 Å². The number of rotatable bonds is 3. The largest absolute Gasteiger partial charge is 0.497 e. The minimum Gasteiger partial charge on any atom is -0.497 e. The molecule has 3 rings (SSSR count). The molecule has 4 nitrogen and oxygen atoms in total. The highest BCUT2D eigenvalue weighted by atomic mass is 16.5. The average molecular weight is 284 g/mol. The van der Waals surface area contributed by atoms with Crippen LogP contribution in [-0.2, 0) is 16.0 Å². The standard InChI is InChI=1S/C17H16O4/c1-19-13-8-6-11(7-9-13)17-16-12(10-15(18)21-17)4-3-5-14(16)20-2/h3-9,17H,10H2,1-2H3. The Morgan fingerprint density at radius 2 is 1.81 bits per heavy atom. The molecule has 0 amide bonds. The average Bonchev–Trinajstić information content (AvgIpc) is 2.53. The topological polar surface area (TPSA) is 44.8 Å². The summed E-state index contributed by atoms with van der Waals surface area (Å²) in [6.45, 7) is 0. The van der Waals surface area contributed by atoms with Crippen molar-refractivity contribution in [3.63, 3.8) is 0 Å². The molecular formula is C17H16O4. The Kier molecular flexibility index (Phi) is 3.52. The van der Waals surface area contributed by atoms with Crippen LogP contribution in [0.4, 0.5) is 0 Å². The molecule has 21 heavy (non-hydrogen) atoms. The van der Waals surface area contributed by atoms with E-state index in [4.69, 9.17) is 14.2 Å². The monoisotopic (exact) mass is 284 g/mol. The second kappa shape index (κ2) is 5.48. The molecule has 0 spiro atoms. The molecule has 108 valence electrons. The SMILES string of the molecule is COc1ccc(C2OC(=O)Cc3cccc(OC)c32)cc1. The van der Waals surface area contributed by atoms with Crippen molar-refractivity contribution in [2.45, 2.75) is 12.5 Å². The Labute approximate surface area is 123 Å². The van der Waals surface area contributed by atoms with Crippen molar-refractivity contribution < 1.29 is 19.0 Å². The number of methoxy groups -OCH3 is 2. The van der Waals surface area contributed by atoms with Crippen LogP contribution in [-0.4, -0.2) is 20.2 Å². The molecule has 0 radical (unpaired) electrons. The fraction of sp³-hybridized carbons (Fsp3) is 0.235. The van der Waals surface area contributed by atoms with Gasteiger partial charge in [-0.3, -0.25) is 4.79 Å². The lowest BCUT2D eigenvalue weighted by Gasteiger charge is -2.27. The minimum absolute atomic E-state index is 0.225. The van der Waals surface area contributed by atoms with E-state index in [0.29, 0.717) is 0 Å². The van der Waals surface area contributed by atoms with Crippen LogP contribution in [0.15, 0.2) is 42.5 Å². The molecule has 0 bridgehead atoms. The van der Waals surface area contributed by atoms with E-state index in [1.54, 1.807) is 14.2 Å². The zero-order chi connectivity index (χ0) is 14.8. The fourth-order valence-electron chi connectivity index (χ4n) is 2.62. The van der Waals surface area contributed by atoms with Crippen molar-refractivity contribution in [3.05, 3.63) is 59.2 Å². The summed E-state index contributed by atoms with van der Waals surface area (Å²) >= 11 is 0. The zero-order valence-corrected chi connectivity index (χ0v) is 12.0. The third kappa shape index (κ3) is 2.44. The van der Waals surface area contributed by atoms with Gasteiger partial charge in [-0.05, 0) is 29.3 Å². The molecule has 4 heteroatoms. The maximum absolute atomic E-state index is 11.8. The van der Waals surface area contributed by atoms with Gasteiger partial charge in [0.25, 0.3) is 0 Å². The Balaban J connectivity index is 2.09. The number of benzene rings is 2. The smallest absolute Gasteiger partial charge is 0.311 e. The molecule has 1 aliphatic heterocycles. The van der Waals surface area contributed by atoms with Gasteiger partial charge in [0.15, 0.2) is 6.10 Å². The first-order chi connectivity index (χ1) is 10.2. The molecule has 0 saturated carbocycles. The Morgan fingerprint density at radius 3 is 2.48 bits per heavy atom. The molecule has 0 N–H and O–H groups in total. The number of fused-ring (bicyclic) bond motifs is 1. The van der Waals surface area contributed by atoms with E-state index >= 15 is 0 Å². The molecule has 2 aromatic carbocycles. The third-order valence-corrected chi connectivity index (χ3v) is 3.64. The van der Waals surface area contributed by atoms with Gasteiger partial charge in [0, 0.05) is 5.56 Å². The van der Waals surface area contributed by atoms with Gasteiger partial charge >= 0.3 is 5.97 Å². The summed E-state index contributed by atoms with van der Waals surface area (Å²) in [4.78, 5) is 11.8. The first-order valence-corrected chi connectivity index (χ1v) is 6.72. The highest BCUT2D eigenvalue weighted by Gasteiger charge is 2.30. The Morgan fingerprint density at radius 1 is 1.05 bits per heavy atom. The van der Waals surface area contributed by atoms with Gasteiger partial charge < -0.3 is 14.2 Å². The molecule has 1 aliphatic rings. The van der Waals surface area contributed by atoms with Gasteiger partial charge in [-0.2, -0.15) is 0 Å². The summed E-state index contributed by atoms with van der Waals surface area (Å²) in [5.41, 5.74) is 2.77. The van der Waals surface area contributed by atoms with Crippen LogP contribution >= 0.6 is 0 Å². The lowest BCUT2D eigenvalue weighted by molar-refractivity contribution is -0.148. The first-order valence-electron chi connectivity index (χ1n) is 6.72. The molecule has 0 fully saturated rings. The van der Waals surface area contributed by atoms with Crippen molar-refractivity contribution in [3.8, 4) is 11.5 Å². The third-order valence-electron chi connectivity index (χ3n) is 3.64. The van der Waals surface area contributed by atoms with Crippen LogP contribution in [0, 0.1) is 0 Å². The number of carbonyl (C=O) groups excluding carboxylic acids is 1. The lowest BCUT2D eigenvalue weighted by Crippen LogP contribution is -2.23. The second-order valence-electron chi connectivity index (χ2n) is 4.85. The number of ether oxygens (including phenoxy) is 3. The normalized spacial score (nSPS) is 16.9. The Hall–Kier alpha value is -2.49. The van der Waals surface area contributed by atoms with E-state index in [1.165, 1.54) is 0 Å². The van der Waals surface area contributed by atoms with Crippen LogP contribution in [0.3, 0.4) is 0 Å². The minimum atomic E-state index is -0.441. The second-order valence-corrected chi connectivity index (χ2v) is 4.85. The van der Waals surface area contributed by atoms with E-state index in [9.17, 15) is 4.79 Å². The summed E-state index contributed by atoms with van der Waals surface area (Å²) in [5.74, 6) is 1.28. The van der Waals surface area contributed by atoms with Gasteiger partial charge in [-0.15, -0.1) is 0 Å². The number of carbonyl (C=O) groups is 1. The molecule has 0 saturated heterocycles. The number of hydrogen-bond donors (Lipinski definition) is 0. The summed E-state index contributed by atoms with van der Waals surface area (Å²) in [6, 6.07) is 13.2. The highest BCUT2D eigenvalue weighted by Crippen LogP contribution is 2.39. The maximum atomic E-state index is 11.8. The Bertz CT molecular complexity index is 661. The molecule has 2 aromatic rings. The van der Waals surface area contributed by atoms with Crippen molar-refractivity contribution in [1.82, 2.24) is 0 Å². The highest BCUT2D eigenvalue weighted by molar-refractivity contribution is 5.77. The van der Waals surface area contributed by atoms with Crippen LogP contribution in [0.5, 0.6) is 11.5 Å². The molecule has 1 heterocycles. The van der Waals surface area contributed by atoms with Gasteiger partial charge in [-0.1, -0.05) is 24.3 Å². The summed E-state index contributed by atoms with van der Waals surface area (Å²) < 4.78 is 16.1. The first kappa shape index (κ1) is 13.5. The van der Waals surface area contributed by atoms with Crippen LogP contribution in [0.25, 0.3) is 0 Å². The van der Waals surface area contributed by atoms with Crippen molar-refractivity contribution >= 4 is 5.97 Å². The fourth-order valence-corrected chi connectivity index (χ4v) is 2.62. The molecule has 0 aliphatic carbocycles. The van der Waals surface area contributed by atoms with Crippen LogP contribution in [0.2, 0.25) is 0 Å². The summed E-state index contributed by atoms with van der Waals surface area (Å²) in [6.07, 6.45) is -0.164. The van der Waals surface area contributed by atoms with E-state index in [0.717, 1.165) is 28.2 Å². The van der Waals surface area contributed by atoms with Crippen LogP contribution in [0.1, 0.15) is 22.8 Å². The maximum Gasteiger partial charge on any atom is 0.311 e. The summed E-state index contributed by atoms with van der Waals surface area (Å²) in [7, 11) is 3.24. The van der Waals surface area contributed by atoms with E-state index in [2.05, 4.69) is 0 Å². The quantitative estimate of drug-likeness (QED) is 0.813. The lowest BCUT2D eigenvalue weighted by atomic mass is 9.92. The van der Waals surface area contributed by atoms with E-state index < -0.39 is 6.10 Å². The number of cyclic esters (lactones) is 1. The predicted octanol–water partition coefficient (Wildman–Crippen LogP) is 2.89. The van der Waals surface area contributed by atoms with E-state index in [1.807, 2.05) is 42.5 Å². The number of hydrogen-bond acceptors (Lipinski definition) is 4. The van der Waals surface area contributed by atoms with Gasteiger partial charge in [-0.25, -0.2) is 0 Å². The van der Waals surface area contributed by atoms with Crippen molar-refractivity contribution in [1.29, 1.82) is 0 Å². The molecule has 0 aromatic heterocycles. The zero-order valence-electron chi connectivity index (χ0n) is 12.0. The molecule has 1 atom stereocenters. The number of esters is 1. The van der Waals surface area contributed by atoms with E-state index in [-0.39, 0.29) is 12.4 Å². The van der Waals surface area contributed by atoms with Crippen molar-refractivity contribution in [2.24, 2.45) is 0 Å².